The molecule has 0 unspecified atom stereocenters. The molecule has 2 fully saturated rings. The van der Waals surface area contributed by atoms with E-state index in [9.17, 15) is 32.2 Å². The van der Waals surface area contributed by atoms with Gasteiger partial charge in [-0.15, -0.1) is 0 Å². The molecule has 3 aliphatic rings. The molecule has 27 heavy (non-hydrogen) atoms. The van der Waals surface area contributed by atoms with Gasteiger partial charge in [-0.05, 0) is 85.0 Å². The monoisotopic (exact) mass is 390 g/mol. The van der Waals surface area contributed by atoms with Crippen LogP contribution in [0.2, 0.25) is 0 Å². The molecule has 0 aromatic heterocycles. The maximum atomic E-state index is 13.9. The fourth-order valence-corrected chi connectivity index (χ4v) is 5.98. The van der Waals surface area contributed by atoms with Crippen molar-refractivity contribution in [2.75, 3.05) is 0 Å². The largest absolute Gasteiger partial charge is 0.507 e. The summed E-state index contributed by atoms with van der Waals surface area (Å²) in [5.74, 6) is -5.76. The van der Waals surface area contributed by atoms with Crippen LogP contribution in [0, 0.1) is 17.3 Å². The SMILES string of the molecule is C[C@]12CC[C@@H]3c4cc(C(F)(F)C(F)(F)F)c(O)cc4CC[C@H]3[C@@H]1CC[C@@H]2O. The van der Waals surface area contributed by atoms with Gasteiger partial charge in [-0.3, -0.25) is 0 Å². The average Bonchev–Trinajstić information content (AvgIpc) is 2.88. The smallest absolute Gasteiger partial charge is 0.458 e. The van der Waals surface area contributed by atoms with Gasteiger partial charge in [0.15, 0.2) is 0 Å². The number of aliphatic hydroxyl groups excluding tert-OH is 1. The number of aliphatic hydroxyl groups is 1. The van der Waals surface area contributed by atoms with Crippen LogP contribution >= 0.6 is 0 Å². The summed E-state index contributed by atoms with van der Waals surface area (Å²) in [5.41, 5.74) is -0.368. The number of fused-ring (bicyclic) bond motifs is 5. The fourth-order valence-electron chi connectivity index (χ4n) is 5.98. The number of phenolic OH excluding ortho intramolecular Hbond substituents is 1. The second-order valence-corrected chi connectivity index (χ2v) is 8.69. The number of phenols is 1. The van der Waals surface area contributed by atoms with Crippen molar-refractivity contribution in [3.05, 3.63) is 28.8 Å². The molecular weight excluding hydrogens is 367 g/mol. The Morgan fingerprint density at radius 1 is 1.04 bits per heavy atom. The van der Waals surface area contributed by atoms with Gasteiger partial charge >= 0.3 is 12.1 Å². The minimum absolute atomic E-state index is 0.0968. The Balaban J connectivity index is 1.75. The Morgan fingerprint density at radius 2 is 1.74 bits per heavy atom. The molecule has 2 N–H and O–H groups in total. The van der Waals surface area contributed by atoms with E-state index in [0.717, 1.165) is 31.4 Å². The molecule has 150 valence electrons. The summed E-state index contributed by atoms with van der Waals surface area (Å²) in [5, 5.41) is 20.3. The number of aryl methyl sites for hydroxylation is 1. The first-order chi connectivity index (χ1) is 12.5. The highest BCUT2D eigenvalue weighted by atomic mass is 19.4. The van der Waals surface area contributed by atoms with Crippen molar-refractivity contribution in [1.29, 1.82) is 0 Å². The topological polar surface area (TPSA) is 40.5 Å². The Bertz CT molecular complexity index is 759. The van der Waals surface area contributed by atoms with Crippen molar-refractivity contribution in [3.63, 3.8) is 0 Å². The zero-order chi connectivity index (χ0) is 19.8. The van der Waals surface area contributed by atoms with E-state index in [1.807, 2.05) is 0 Å². The van der Waals surface area contributed by atoms with Crippen LogP contribution < -0.4 is 0 Å². The molecular formula is C20H23F5O2. The zero-order valence-corrected chi connectivity index (χ0v) is 15.0. The van der Waals surface area contributed by atoms with Crippen LogP contribution in [0.4, 0.5) is 22.0 Å². The van der Waals surface area contributed by atoms with Crippen LogP contribution in [0.15, 0.2) is 12.1 Å². The third-order valence-corrected chi connectivity index (χ3v) is 7.49. The molecule has 0 bridgehead atoms. The number of hydrogen-bond donors (Lipinski definition) is 2. The minimum Gasteiger partial charge on any atom is -0.507 e. The second-order valence-electron chi connectivity index (χ2n) is 8.69. The third kappa shape index (κ3) is 2.60. The van der Waals surface area contributed by atoms with Crippen molar-refractivity contribution in [1.82, 2.24) is 0 Å². The van der Waals surface area contributed by atoms with Crippen molar-refractivity contribution in [2.24, 2.45) is 17.3 Å². The van der Waals surface area contributed by atoms with E-state index in [4.69, 9.17) is 0 Å². The maximum Gasteiger partial charge on any atom is 0.458 e. The zero-order valence-electron chi connectivity index (χ0n) is 15.0. The van der Waals surface area contributed by atoms with Crippen LogP contribution in [0.5, 0.6) is 5.75 Å². The van der Waals surface area contributed by atoms with Gasteiger partial charge in [-0.2, -0.15) is 22.0 Å². The molecule has 0 aliphatic heterocycles. The summed E-state index contributed by atoms with van der Waals surface area (Å²) in [6.45, 7) is 2.07. The van der Waals surface area contributed by atoms with E-state index in [2.05, 4.69) is 6.92 Å². The molecule has 1 aromatic carbocycles. The third-order valence-electron chi connectivity index (χ3n) is 7.49. The maximum absolute atomic E-state index is 13.9. The summed E-state index contributed by atoms with van der Waals surface area (Å²) in [7, 11) is 0. The van der Waals surface area contributed by atoms with Crippen molar-refractivity contribution >= 4 is 0 Å². The summed E-state index contributed by atoms with van der Waals surface area (Å²) in [6.07, 6.45) is -1.83. The van der Waals surface area contributed by atoms with E-state index in [1.165, 1.54) is 0 Å². The number of aromatic hydroxyl groups is 1. The highest BCUT2D eigenvalue weighted by Crippen LogP contribution is 2.61. The van der Waals surface area contributed by atoms with Gasteiger partial charge in [-0.25, -0.2) is 0 Å². The minimum atomic E-state index is -5.76. The van der Waals surface area contributed by atoms with Gasteiger partial charge in [0.05, 0.1) is 11.7 Å². The van der Waals surface area contributed by atoms with Crippen LogP contribution in [-0.2, 0) is 12.3 Å². The van der Waals surface area contributed by atoms with Gasteiger partial charge in [0.1, 0.15) is 5.75 Å². The molecule has 0 radical (unpaired) electrons. The molecule has 4 rings (SSSR count). The Hall–Kier alpha value is -1.37. The number of hydrogen-bond acceptors (Lipinski definition) is 2. The molecule has 7 heteroatoms. The van der Waals surface area contributed by atoms with Gasteiger partial charge in [0, 0.05) is 0 Å². The number of benzene rings is 1. The molecule has 0 saturated heterocycles. The summed E-state index contributed by atoms with van der Waals surface area (Å²) < 4.78 is 66.4. The molecule has 0 amide bonds. The summed E-state index contributed by atoms with van der Waals surface area (Å²) in [6, 6.07) is 1.99. The molecule has 0 heterocycles. The Labute approximate surface area is 154 Å². The molecule has 3 aliphatic carbocycles. The van der Waals surface area contributed by atoms with Crippen LogP contribution in [0.25, 0.3) is 0 Å². The quantitative estimate of drug-likeness (QED) is 0.642. The second kappa shape index (κ2) is 5.82. The molecule has 1 aromatic rings. The highest BCUT2D eigenvalue weighted by Gasteiger charge is 2.60. The lowest BCUT2D eigenvalue weighted by Gasteiger charge is -2.50. The van der Waals surface area contributed by atoms with Crippen molar-refractivity contribution in [3.8, 4) is 5.75 Å². The molecule has 0 spiro atoms. The standard InChI is InChI=1S/C20H23F5O2/c1-18-7-6-11-12(14(18)4-5-17(18)27)3-2-10-8-16(26)15(9-13(10)11)19(21,22)20(23,24)25/h8-9,11-12,14,17,26-27H,2-7H2,1H3/t11-,12+,14-,17-,18-/m0/s1. The fraction of sp³-hybridized carbons (Fsp3) is 0.700. The van der Waals surface area contributed by atoms with Crippen molar-refractivity contribution in [2.45, 2.75) is 69.6 Å². The van der Waals surface area contributed by atoms with Crippen LogP contribution in [-0.4, -0.2) is 22.5 Å². The first-order valence-electron chi connectivity index (χ1n) is 9.45. The summed E-state index contributed by atoms with van der Waals surface area (Å²) >= 11 is 0. The van der Waals surface area contributed by atoms with E-state index < -0.39 is 23.4 Å². The Morgan fingerprint density at radius 3 is 2.41 bits per heavy atom. The van der Waals surface area contributed by atoms with E-state index in [0.29, 0.717) is 30.4 Å². The predicted molar refractivity (Wildman–Crippen MR) is 88.7 cm³/mol. The van der Waals surface area contributed by atoms with Crippen LogP contribution in [0.3, 0.4) is 0 Å². The van der Waals surface area contributed by atoms with Gasteiger partial charge in [0.25, 0.3) is 0 Å². The lowest BCUT2D eigenvalue weighted by Crippen LogP contribution is -2.44. The number of alkyl halides is 5. The number of rotatable bonds is 1. The predicted octanol–water partition coefficient (Wildman–Crippen LogP) is 5.26. The lowest BCUT2D eigenvalue weighted by molar-refractivity contribution is -0.289. The van der Waals surface area contributed by atoms with E-state index in [-0.39, 0.29) is 29.3 Å². The van der Waals surface area contributed by atoms with Gasteiger partial charge in [0.2, 0.25) is 0 Å². The first kappa shape index (κ1) is 19.0. The molecule has 2 saturated carbocycles. The molecule has 5 atom stereocenters. The summed E-state index contributed by atoms with van der Waals surface area (Å²) in [4.78, 5) is 0. The number of halogens is 5. The molecule has 2 nitrogen and oxygen atoms in total. The Kier molecular flexibility index (Phi) is 4.09. The first-order valence-corrected chi connectivity index (χ1v) is 9.45. The highest BCUT2D eigenvalue weighted by molar-refractivity contribution is 5.48. The van der Waals surface area contributed by atoms with E-state index >= 15 is 0 Å². The average molecular weight is 390 g/mol. The lowest BCUT2D eigenvalue weighted by atomic mass is 9.55. The van der Waals surface area contributed by atoms with Gasteiger partial charge < -0.3 is 10.2 Å². The van der Waals surface area contributed by atoms with Gasteiger partial charge in [-0.1, -0.05) is 6.92 Å². The van der Waals surface area contributed by atoms with Crippen molar-refractivity contribution < 1.29 is 32.2 Å². The normalized spacial score (nSPS) is 36.1. The van der Waals surface area contributed by atoms with E-state index in [1.54, 1.807) is 0 Å². The van der Waals surface area contributed by atoms with Crippen LogP contribution in [0.1, 0.15) is 61.6 Å².